The number of pyridine rings is 1. The van der Waals surface area contributed by atoms with Gasteiger partial charge >= 0.3 is 0 Å². The normalized spacial score (nSPS) is 21.2. The molecule has 2 aliphatic rings. The van der Waals surface area contributed by atoms with E-state index in [-0.39, 0.29) is 17.6 Å². The minimum absolute atomic E-state index is 0.0850. The van der Waals surface area contributed by atoms with Crippen LogP contribution in [0, 0.1) is 0 Å². The van der Waals surface area contributed by atoms with Crippen LogP contribution in [0.1, 0.15) is 49.7 Å². The highest BCUT2D eigenvalue weighted by atomic mass is 79.9. The summed E-state index contributed by atoms with van der Waals surface area (Å²) in [5.41, 5.74) is 6.43. The van der Waals surface area contributed by atoms with Gasteiger partial charge in [-0.15, -0.1) is 0 Å². The number of nitrogens with one attached hydrogen (secondary N) is 1. The third kappa shape index (κ3) is 3.92. The smallest absolute Gasteiger partial charge is 0.174 e. The third-order valence-electron chi connectivity index (χ3n) is 6.86. The molecule has 0 radical (unpaired) electrons. The third-order valence-corrected chi connectivity index (χ3v) is 8.03. The SMILES string of the molecule is CC1=CC(C)(C)N(C)c2cc(Cl)c(C3C(c4ccccn4)NC(=S)N3c3ccc(Br)cc3)cc21. The Balaban J connectivity index is 1.70. The quantitative estimate of drug-likeness (QED) is 0.344. The number of fused-ring (bicyclic) bond motifs is 1. The van der Waals surface area contributed by atoms with Gasteiger partial charge in [-0.05, 0) is 92.7 Å². The molecule has 34 heavy (non-hydrogen) atoms. The lowest BCUT2D eigenvalue weighted by atomic mass is 9.86. The molecule has 2 atom stereocenters. The molecule has 1 aromatic heterocycles. The second kappa shape index (κ2) is 8.67. The molecule has 1 N–H and O–H groups in total. The molecule has 174 valence electrons. The van der Waals surface area contributed by atoms with E-state index in [1.807, 2.05) is 36.5 Å². The molecule has 1 fully saturated rings. The molecule has 2 aromatic carbocycles. The summed E-state index contributed by atoms with van der Waals surface area (Å²) in [7, 11) is 2.12. The lowest BCUT2D eigenvalue weighted by Crippen LogP contribution is -2.42. The van der Waals surface area contributed by atoms with Crippen LogP contribution in [-0.4, -0.2) is 22.7 Å². The molecule has 3 heterocycles. The van der Waals surface area contributed by atoms with Gasteiger partial charge in [-0.3, -0.25) is 4.98 Å². The Kier molecular flexibility index (Phi) is 5.95. The predicted octanol–water partition coefficient (Wildman–Crippen LogP) is 7.31. The van der Waals surface area contributed by atoms with E-state index in [0.717, 1.165) is 32.1 Å². The Morgan fingerprint density at radius 3 is 2.53 bits per heavy atom. The van der Waals surface area contributed by atoms with Crippen molar-refractivity contribution in [3.63, 3.8) is 0 Å². The number of anilines is 2. The predicted molar refractivity (Wildman–Crippen MR) is 150 cm³/mol. The van der Waals surface area contributed by atoms with Crippen molar-refractivity contribution in [3.8, 4) is 0 Å². The van der Waals surface area contributed by atoms with Crippen molar-refractivity contribution in [2.24, 2.45) is 0 Å². The van der Waals surface area contributed by atoms with E-state index in [1.54, 1.807) is 0 Å². The van der Waals surface area contributed by atoms with Gasteiger partial charge in [0, 0.05) is 39.7 Å². The first kappa shape index (κ1) is 23.3. The monoisotopic (exact) mass is 552 g/mol. The highest BCUT2D eigenvalue weighted by Gasteiger charge is 2.42. The number of nitrogens with zero attached hydrogens (tertiary/aromatic N) is 3. The van der Waals surface area contributed by atoms with Crippen molar-refractivity contribution in [2.75, 3.05) is 16.8 Å². The molecule has 0 saturated carbocycles. The van der Waals surface area contributed by atoms with Gasteiger partial charge in [-0.2, -0.15) is 0 Å². The lowest BCUT2D eigenvalue weighted by Gasteiger charge is -2.41. The molecule has 2 aliphatic heterocycles. The number of hydrogen-bond acceptors (Lipinski definition) is 3. The summed E-state index contributed by atoms with van der Waals surface area (Å²) in [6, 6.07) is 18.2. The summed E-state index contributed by atoms with van der Waals surface area (Å²) in [4.78, 5) is 9.10. The van der Waals surface area contributed by atoms with Crippen LogP contribution in [0.5, 0.6) is 0 Å². The largest absolute Gasteiger partial charge is 0.365 e. The number of thiocarbonyl (C=S) groups is 1. The van der Waals surface area contributed by atoms with Crippen LogP contribution in [0.15, 0.2) is 71.3 Å². The zero-order valence-corrected chi connectivity index (χ0v) is 22.7. The van der Waals surface area contributed by atoms with Gasteiger partial charge in [0.25, 0.3) is 0 Å². The van der Waals surface area contributed by atoms with Crippen molar-refractivity contribution in [1.82, 2.24) is 10.3 Å². The highest BCUT2D eigenvalue weighted by molar-refractivity contribution is 9.10. The van der Waals surface area contributed by atoms with Gasteiger partial charge in [0.2, 0.25) is 0 Å². The Morgan fingerprint density at radius 2 is 1.85 bits per heavy atom. The van der Waals surface area contributed by atoms with Crippen molar-refractivity contribution in [1.29, 1.82) is 0 Å². The topological polar surface area (TPSA) is 31.4 Å². The number of allylic oxidation sites excluding steroid dienone is 1. The van der Waals surface area contributed by atoms with E-state index in [9.17, 15) is 0 Å². The number of halogens is 2. The maximum atomic E-state index is 7.05. The molecule has 1 saturated heterocycles. The van der Waals surface area contributed by atoms with E-state index in [1.165, 1.54) is 11.1 Å². The van der Waals surface area contributed by atoms with Crippen LogP contribution in [0.2, 0.25) is 5.02 Å². The number of aromatic nitrogens is 1. The first-order valence-corrected chi connectivity index (χ1v) is 12.8. The average Bonchev–Trinajstić information content (AvgIpc) is 3.15. The molecule has 0 spiro atoms. The number of rotatable bonds is 3. The van der Waals surface area contributed by atoms with Crippen molar-refractivity contribution >= 4 is 61.8 Å². The van der Waals surface area contributed by atoms with Gasteiger partial charge in [-0.25, -0.2) is 0 Å². The molecular formula is C27H26BrClN4S. The fourth-order valence-electron chi connectivity index (χ4n) is 4.97. The average molecular weight is 554 g/mol. The molecule has 0 aliphatic carbocycles. The van der Waals surface area contributed by atoms with Crippen LogP contribution < -0.4 is 15.1 Å². The number of benzene rings is 2. The first-order valence-electron chi connectivity index (χ1n) is 11.2. The molecule has 0 amide bonds. The fraction of sp³-hybridized carbons (Fsp3) is 0.259. The summed E-state index contributed by atoms with van der Waals surface area (Å²) >= 11 is 16.5. The Hall–Kier alpha value is -2.41. The van der Waals surface area contributed by atoms with Crippen LogP contribution in [0.4, 0.5) is 11.4 Å². The van der Waals surface area contributed by atoms with Crippen LogP contribution in [-0.2, 0) is 0 Å². The van der Waals surface area contributed by atoms with Gasteiger partial charge in [0.1, 0.15) is 0 Å². The maximum absolute atomic E-state index is 7.05. The summed E-state index contributed by atoms with van der Waals surface area (Å²) in [5.74, 6) is 0. The Bertz CT molecular complexity index is 1290. The molecule has 4 nitrogen and oxygen atoms in total. The van der Waals surface area contributed by atoms with Crippen LogP contribution in [0.25, 0.3) is 5.57 Å². The molecule has 0 bridgehead atoms. The summed E-state index contributed by atoms with van der Waals surface area (Å²) in [6.45, 7) is 6.60. The zero-order valence-electron chi connectivity index (χ0n) is 19.5. The first-order chi connectivity index (χ1) is 16.2. The van der Waals surface area contributed by atoms with Crippen molar-refractivity contribution in [2.45, 2.75) is 38.4 Å². The zero-order chi connectivity index (χ0) is 24.2. The summed E-state index contributed by atoms with van der Waals surface area (Å²) in [6.07, 6.45) is 4.13. The molecule has 5 rings (SSSR count). The van der Waals surface area contributed by atoms with Gasteiger partial charge in [-0.1, -0.05) is 39.7 Å². The number of hydrogen-bond donors (Lipinski definition) is 1. The van der Waals surface area contributed by atoms with Gasteiger partial charge in [0.05, 0.1) is 23.3 Å². The van der Waals surface area contributed by atoms with Gasteiger partial charge in [0.15, 0.2) is 5.11 Å². The molecule has 7 heteroatoms. The fourth-order valence-corrected chi connectivity index (χ4v) is 5.85. The molecule has 2 unspecified atom stereocenters. The Morgan fingerprint density at radius 1 is 1.12 bits per heavy atom. The molecular weight excluding hydrogens is 528 g/mol. The molecule has 3 aromatic rings. The summed E-state index contributed by atoms with van der Waals surface area (Å²) in [5, 5.41) is 4.89. The minimum Gasteiger partial charge on any atom is -0.365 e. The standard InChI is InChI=1S/C27H26BrClN4S/c1-16-15-27(2,3)32(4)23-14-21(29)20(13-19(16)23)25-24(22-7-5-6-12-30-22)31-26(34)33(25)18-10-8-17(28)9-11-18/h5-15,24-25H,1-4H3,(H,31,34). The van der Waals surface area contributed by atoms with Crippen molar-refractivity contribution in [3.05, 3.63) is 93.2 Å². The second-order valence-electron chi connectivity index (χ2n) is 9.40. The van der Waals surface area contributed by atoms with Crippen LogP contribution in [0.3, 0.4) is 0 Å². The van der Waals surface area contributed by atoms with Crippen molar-refractivity contribution < 1.29 is 0 Å². The lowest BCUT2D eigenvalue weighted by molar-refractivity contribution is 0.567. The van der Waals surface area contributed by atoms with E-state index >= 15 is 0 Å². The van der Waals surface area contributed by atoms with E-state index in [4.69, 9.17) is 23.8 Å². The maximum Gasteiger partial charge on any atom is 0.174 e. The number of likely N-dealkylation sites (N-methyl/N-ethyl adjacent to an activating group) is 1. The van der Waals surface area contributed by atoms with E-state index < -0.39 is 0 Å². The van der Waals surface area contributed by atoms with E-state index in [2.05, 4.69) is 94.2 Å². The van der Waals surface area contributed by atoms with Gasteiger partial charge < -0.3 is 15.1 Å². The minimum atomic E-state index is -0.158. The Labute approximate surface area is 219 Å². The highest BCUT2D eigenvalue weighted by Crippen LogP contribution is 2.47. The van der Waals surface area contributed by atoms with E-state index in [0.29, 0.717) is 5.11 Å². The van der Waals surface area contributed by atoms with Crippen LogP contribution >= 0.6 is 39.7 Å². The second-order valence-corrected chi connectivity index (χ2v) is 11.1. The summed E-state index contributed by atoms with van der Waals surface area (Å²) < 4.78 is 1.02.